The van der Waals surface area contributed by atoms with E-state index in [1.807, 2.05) is 0 Å². The van der Waals surface area contributed by atoms with Gasteiger partial charge < -0.3 is 14.9 Å². The van der Waals surface area contributed by atoms with Gasteiger partial charge in [0, 0.05) is 58.8 Å². The predicted molar refractivity (Wildman–Crippen MR) is 226 cm³/mol. The van der Waals surface area contributed by atoms with Crippen molar-refractivity contribution in [1.29, 1.82) is 0 Å². The molecule has 6 heteroatoms. The summed E-state index contributed by atoms with van der Waals surface area (Å²) in [6.07, 6.45) is 13.1. The van der Waals surface area contributed by atoms with Gasteiger partial charge in [-0.15, -0.1) is 0 Å². The Kier molecular flexibility index (Phi) is 11.4. The lowest BCUT2D eigenvalue weighted by molar-refractivity contribution is 0.245. The van der Waals surface area contributed by atoms with Crippen molar-refractivity contribution in [3.63, 3.8) is 0 Å². The van der Waals surface area contributed by atoms with Crippen molar-refractivity contribution < 1.29 is 0 Å². The zero-order chi connectivity index (χ0) is 36.5. The summed E-state index contributed by atoms with van der Waals surface area (Å²) in [5.74, 6) is 0. The minimum absolute atomic E-state index is 0.761. The van der Waals surface area contributed by atoms with E-state index in [9.17, 15) is 0 Å². The average Bonchev–Trinajstić information content (AvgIpc) is 3.70. The molecule has 0 aliphatic rings. The number of hydrogen-bond donors (Lipinski definition) is 1. The number of para-hydroxylation sites is 2. The predicted octanol–water partition coefficient (Wildman–Crippen LogP) is 10.5. The molecule has 4 heterocycles. The molecule has 0 saturated carbocycles. The van der Waals surface area contributed by atoms with Crippen LogP contribution in [0.25, 0.3) is 43.6 Å². The number of hydrogen-bond acceptors (Lipinski definition) is 4. The zero-order valence-corrected chi connectivity index (χ0v) is 31.4. The van der Waals surface area contributed by atoms with Crippen LogP contribution in [0.15, 0.2) is 134 Å². The molecule has 0 amide bonds. The quantitative estimate of drug-likeness (QED) is 0.0900. The molecule has 0 radical (unpaired) electrons. The van der Waals surface area contributed by atoms with E-state index in [-0.39, 0.29) is 0 Å². The van der Waals surface area contributed by atoms with Gasteiger partial charge in [0.1, 0.15) is 0 Å². The first-order valence-electron chi connectivity index (χ1n) is 20.0. The summed E-state index contributed by atoms with van der Waals surface area (Å²) in [6.45, 7) is 5.24. The molecule has 0 atom stereocenters. The van der Waals surface area contributed by atoms with Crippen molar-refractivity contribution in [2.45, 2.75) is 77.5 Å². The van der Waals surface area contributed by atoms with Gasteiger partial charge in [0.05, 0.1) is 34.8 Å². The maximum absolute atomic E-state index is 5.82. The molecule has 54 heavy (non-hydrogen) atoms. The number of nitrogens with two attached hydrogens (primary N) is 1. The standard InChI is InChI=1S/C48H52N6/c49-27-13-1-2-14-28-52(35-39-31-43-41-23-9-11-25-45(41)53(47(43)33-50-39)29-15-21-37-17-5-3-6-18-37)36-40-32-44-42-24-10-12-26-46(42)54(48(44)34-51-40)30-16-22-38-19-7-4-8-20-38/h3-12,17-20,23-26,31-34H,1-2,13-16,21-22,27-30,35-36,49H2. The summed E-state index contributed by atoms with van der Waals surface area (Å²) >= 11 is 0. The molecule has 0 saturated heterocycles. The molecule has 274 valence electrons. The summed E-state index contributed by atoms with van der Waals surface area (Å²) in [4.78, 5) is 12.8. The van der Waals surface area contributed by atoms with E-state index < -0.39 is 0 Å². The van der Waals surface area contributed by atoms with Gasteiger partial charge in [-0.2, -0.15) is 0 Å². The van der Waals surface area contributed by atoms with Crippen LogP contribution in [-0.2, 0) is 39.0 Å². The van der Waals surface area contributed by atoms with Crippen LogP contribution in [0.2, 0.25) is 0 Å². The average molecular weight is 713 g/mol. The molecule has 0 unspecified atom stereocenters. The van der Waals surface area contributed by atoms with E-state index in [2.05, 4.69) is 148 Å². The lowest BCUT2D eigenvalue weighted by Gasteiger charge is -2.22. The fourth-order valence-corrected chi connectivity index (χ4v) is 8.31. The maximum Gasteiger partial charge on any atom is 0.0678 e. The van der Waals surface area contributed by atoms with Crippen molar-refractivity contribution in [3.05, 3.63) is 156 Å². The third-order valence-corrected chi connectivity index (χ3v) is 11.0. The Labute approximate surface area is 319 Å². The monoisotopic (exact) mass is 712 g/mol. The SMILES string of the molecule is NCCCCCCN(Cc1cc2c3ccccc3n(CCCc3ccccc3)c2cn1)Cc1cc2c3ccccc3n(CCCc3ccccc3)c2cn1. The molecular formula is C48H52N6. The second-order valence-electron chi connectivity index (χ2n) is 14.8. The lowest BCUT2D eigenvalue weighted by atomic mass is 10.1. The van der Waals surface area contributed by atoms with Crippen LogP contribution >= 0.6 is 0 Å². The van der Waals surface area contributed by atoms with Crippen LogP contribution in [0.4, 0.5) is 0 Å². The van der Waals surface area contributed by atoms with Gasteiger partial charge in [0.25, 0.3) is 0 Å². The lowest BCUT2D eigenvalue weighted by Crippen LogP contribution is -2.25. The van der Waals surface area contributed by atoms with Gasteiger partial charge >= 0.3 is 0 Å². The number of fused-ring (bicyclic) bond motifs is 6. The van der Waals surface area contributed by atoms with Crippen molar-refractivity contribution in [2.24, 2.45) is 5.73 Å². The number of benzene rings is 4. The highest BCUT2D eigenvalue weighted by Gasteiger charge is 2.17. The van der Waals surface area contributed by atoms with Gasteiger partial charge in [-0.25, -0.2) is 0 Å². The molecule has 0 aliphatic heterocycles. The molecule has 8 aromatic rings. The summed E-state index contributed by atoms with van der Waals surface area (Å²) in [6, 6.07) is 44.0. The van der Waals surface area contributed by atoms with E-state index >= 15 is 0 Å². The fraction of sp³-hybridized carbons (Fsp3) is 0.292. The summed E-state index contributed by atoms with van der Waals surface area (Å²) in [5.41, 5.74) is 15.8. The van der Waals surface area contributed by atoms with Crippen molar-refractivity contribution in [1.82, 2.24) is 24.0 Å². The highest BCUT2D eigenvalue weighted by atomic mass is 15.1. The summed E-state index contributed by atoms with van der Waals surface area (Å²) < 4.78 is 4.94. The number of unbranched alkanes of at least 4 members (excludes halogenated alkanes) is 3. The van der Waals surface area contributed by atoms with Crippen LogP contribution < -0.4 is 5.73 Å². The number of rotatable bonds is 18. The molecule has 8 rings (SSSR count). The number of aromatic nitrogens is 4. The summed E-state index contributed by atoms with van der Waals surface area (Å²) in [5, 5.41) is 5.18. The van der Waals surface area contributed by atoms with E-state index in [0.29, 0.717) is 0 Å². The first-order valence-corrected chi connectivity index (χ1v) is 20.0. The molecule has 0 fully saturated rings. The minimum atomic E-state index is 0.761. The van der Waals surface area contributed by atoms with Crippen LogP contribution in [-0.4, -0.2) is 37.1 Å². The first-order chi connectivity index (χ1) is 26.7. The minimum Gasteiger partial charge on any atom is -0.339 e. The molecule has 0 aliphatic carbocycles. The Balaban J connectivity index is 1.04. The Morgan fingerprint density at radius 2 is 0.926 bits per heavy atom. The second-order valence-corrected chi connectivity index (χ2v) is 14.8. The van der Waals surface area contributed by atoms with Crippen molar-refractivity contribution >= 4 is 43.6 Å². The van der Waals surface area contributed by atoms with Gasteiger partial charge in [-0.3, -0.25) is 14.9 Å². The Bertz CT molecular complexity index is 2260. The van der Waals surface area contributed by atoms with Gasteiger partial charge in [-0.1, -0.05) is 110 Å². The smallest absolute Gasteiger partial charge is 0.0678 e. The maximum atomic E-state index is 5.82. The molecule has 4 aromatic carbocycles. The zero-order valence-electron chi connectivity index (χ0n) is 31.4. The highest BCUT2D eigenvalue weighted by Crippen LogP contribution is 2.32. The third kappa shape index (κ3) is 8.10. The van der Waals surface area contributed by atoms with Crippen LogP contribution in [0, 0.1) is 0 Å². The van der Waals surface area contributed by atoms with Crippen LogP contribution in [0.5, 0.6) is 0 Å². The molecule has 0 bridgehead atoms. The van der Waals surface area contributed by atoms with Gasteiger partial charge in [0.2, 0.25) is 0 Å². The molecule has 6 nitrogen and oxygen atoms in total. The number of nitrogens with zero attached hydrogens (tertiary/aromatic N) is 5. The van der Waals surface area contributed by atoms with Crippen molar-refractivity contribution in [3.8, 4) is 0 Å². The fourth-order valence-electron chi connectivity index (χ4n) is 8.31. The van der Waals surface area contributed by atoms with Gasteiger partial charge in [0.15, 0.2) is 0 Å². The van der Waals surface area contributed by atoms with Crippen molar-refractivity contribution in [2.75, 3.05) is 13.1 Å². The summed E-state index contributed by atoms with van der Waals surface area (Å²) in [7, 11) is 0. The first kappa shape index (κ1) is 35.7. The van der Waals surface area contributed by atoms with E-state index in [1.54, 1.807) is 0 Å². The Morgan fingerprint density at radius 3 is 1.43 bits per heavy atom. The number of pyridine rings is 2. The molecule has 2 N–H and O–H groups in total. The normalized spacial score (nSPS) is 11.9. The topological polar surface area (TPSA) is 64.9 Å². The number of aryl methyl sites for hydroxylation is 4. The molecule has 4 aromatic heterocycles. The Morgan fingerprint density at radius 1 is 0.463 bits per heavy atom. The Hall–Kier alpha value is -5.30. The van der Waals surface area contributed by atoms with E-state index in [0.717, 1.165) is 89.2 Å². The third-order valence-electron chi connectivity index (χ3n) is 11.0. The molecular weight excluding hydrogens is 661 g/mol. The second kappa shape index (κ2) is 17.2. The largest absolute Gasteiger partial charge is 0.339 e. The van der Waals surface area contributed by atoms with Gasteiger partial charge in [-0.05, 0) is 87.0 Å². The highest BCUT2D eigenvalue weighted by molar-refractivity contribution is 6.08. The van der Waals surface area contributed by atoms with E-state index in [4.69, 9.17) is 15.7 Å². The van der Waals surface area contributed by atoms with Crippen LogP contribution in [0.1, 0.15) is 61.0 Å². The molecule has 0 spiro atoms. The van der Waals surface area contributed by atoms with Crippen LogP contribution in [0.3, 0.4) is 0 Å². The van der Waals surface area contributed by atoms with E-state index in [1.165, 1.54) is 67.6 Å².